The molecule has 0 amide bonds. The second-order valence-electron chi connectivity index (χ2n) is 1.79. The van der Waals surface area contributed by atoms with Crippen molar-refractivity contribution in [3.63, 3.8) is 0 Å². The molecular weight excluding hydrogens is 580 g/mol. The molecule has 0 saturated carbocycles. The topological polar surface area (TPSA) is 345 Å². The smallest absolute Gasteiger partial charge is 1.00 e. The molecule has 0 atom stereocenters. The Bertz CT molecular complexity index is 334. The summed E-state index contributed by atoms with van der Waals surface area (Å²) >= 11 is 0. The molecule has 0 saturated heterocycles. The molecule has 16 nitrogen and oxygen atoms in total. The summed E-state index contributed by atoms with van der Waals surface area (Å²) < 4.78 is 34.2. The van der Waals surface area contributed by atoms with Gasteiger partial charge >= 0.3 is 122 Å². The minimum atomic E-state index is -5.39. The maximum atomic E-state index is 8.55. The Balaban J connectivity index is -0.00000000677. The molecule has 29 heavy (non-hydrogen) atoms. The van der Waals surface area contributed by atoms with Crippen molar-refractivity contribution in [1.29, 1.82) is 0 Å². The Morgan fingerprint density at radius 2 is 0.345 bits per heavy atom. The molecule has 0 radical (unpaired) electrons. The van der Waals surface area contributed by atoms with Gasteiger partial charge in [0.1, 0.15) is 0 Å². The summed E-state index contributed by atoms with van der Waals surface area (Å²) in [6.07, 6.45) is 0. The fraction of sp³-hybridized carbons (Fsp3) is 1.00. The zero-order valence-electron chi connectivity index (χ0n) is 15.8. The van der Waals surface area contributed by atoms with Gasteiger partial charge in [0.25, 0.3) is 0 Å². The summed E-state index contributed by atoms with van der Waals surface area (Å²) in [5.74, 6) is 0. The molecule has 0 aliphatic heterocycles. The molecular formula is C3H15Li3O16P4Ti3. The van der Waals surface area contributed by atoms with Crippen LogP contribution in [0.5, 0.6) is 0 Å². The number of hydrogen-bond acceptors (Lipinski definition) is 16. The van der Waals surface area contributed by atoms with E-state index in [2.05, 4.69) is 0 Å². The fourth-order valence-electron chi connectivity index (χ4n) is 0. The zero-order chi connectivity index (χ0) is 18.0. The van der Waals surface area contributed by atoms with Crippen molar-refractivity contribution in [2.24, 2.45) is 0 Å². The fourth-order valence-corrected chi connectivity index (χ4v) is 0. The first-order chi connectivity index (χ1) is 8.00. The normalized spacial score (nSPS) is 8.14. The Hall–Kier alpha value is 4.38. The molecule has 0 rings (SSSR count). The first-order valence-electron chi connectivity index (χ1n) is 2.92. The van der Waals surface area contributed by atoms with Crippen LogP contribution in [0.15, 0.2) is 0 Å². The van der Waals surface area contributed by atoms with Crippen LogP contribution >= 0.6 is 31.3 Å². The minimum absolute atomic E-state index is 0. The van der Waals surface area contributed by atoms with E-state index >= 15 is 0 Å². The van der Waals surface area contributed by atoms with Gasteiger partial charge in [-0.15, -0.1) is 0 Å². The summed E-state index contributed by atoms with van der Waals surface area (Å²) in [5, 5.41) is 0. The van der Waals surface area contributed by atoms with Gasteiger partial charge in [-0.25, -0.2) is 0 Å². The van der Waals surface area contributed by atoms with E-state index in [1.165, 1.54) is 0 Å². The van der Waals surface area contributed by atoms with Crippen molar-refractivity contribution in [2.45, 2.75) is 22.3 Å². The first kappa shape index (κ1) is 84.3. The Kier molecular flexibility index (Phi) is 115. The molecule has 26 heteroatoms. The Labute approximate surface area is 254 Å². The van der Waals surface area contributed by atoms with Gasteiger partial charge in [0.15, 0.2) is 0 Å². The molecule has 0 aliphatic carbocycles. The molecule has 0 aromatic heterocycles. The van der Waals surface area contributed by atoms with Crippen LogP contribution in [0, 0.1) is 0 Å². The van der Waals surface area contributed by atoms with Crippen LogP contribution in [-0.4, -0.2) is 0 Å². The molecule has 0 fully saturated rings. The van der Waals surface area contributed by atoms with Gasteiger partial charge in [-0.05, 0) is 0 Å². The van der Waals surface area contributed by atoms with Gasteiger partial charge in [-0.2, -0.15) is 31.3 Å². The maximum absolute atomic E-state index is 8.55. The summed E-state index contributed by atoms with van der Waals surface area (Å²) in [6.45, 7) is 0. The van der Waals surface area contributed by atoms with E-state index in [4.69, 9.17) is 77.0 Å². The maximum Gasteiger partial charge on any atom is 4.00 e. The van der Waals surface area contributed by atoms with Crippen molar-refractivity contribution in [3.8, 4) is 0 Å². The van der Waals surface area contributed by atoms with Gasteiger partial charge in [0, 0.05) is 0 Å². The third-order valence-electron chi connectivity index (χ3n) is 0. The molecule has 0 unspecified atom stereocenters. The van der Waals surface area contributed by atoms with Crippen molar-refractivity contribution < 1.29 is 203 Å². The predicted octanol–water partition coefficient (Wildman–Crippen LogP) is -18.0. The molecule has 0 N–H and O–H groups in total. The molecule has 0 aromatic rings. The summed E-state index contributed by atoms with van der Waals surface area (Å²) in [7, 11) is -21.6. The average Bonchev–Trinajstić information content (AvgIpc) is 1.62. The van der Waals surface area contributed by atoms with Crippen LogP contribution in [0.3, 0.4) is 0 Å². The largest absolute Gasteiger partial charge is 4.00 e. The van der Waals surface area contributed by atoms with Crippen molar-refractivity contribution in [1.82, 2.24) is 0 Å². The number of phosphoric acid groups is 4. The van der Waals surface area contributed by atoms with Gasteiger partial charge in [-0.3, -0.25) is 0 Å². The van der Waals surface area contributed by atoms with Crippen LogP contribution in [0.1, 0.15) is 26.6 Å². The average molecular weight is 595 g/mol. The van der Waals surface area contributed by atoms with E-state index in [0.717, 1.165) is 0 Å². The van der Waals surface area contributed by atoms with Crippen molar-refractivity contribution in [2.75, 3.05) is 0 Å². The van der Waals surface area contributed by atoms with Crippen LogP contribution in [0.25, 0.3) is 0 Å². The van der Waals surface area contributed by atoms with E-state index in [1.807, 2.05) is 0 Å². The van der Waals surface area contributed by atoms with Gasteiger partial charge in [-0.1, -0.05) is 22.3 Å². The molecule has 0 aliphatic rings. The van der Waals surface area contributed by atoms with Crippen LogP contribution in [-0.2, 0) is 83.4 Å². The molecule has 0 aromatic carbocycles. The van der Waals surface area contributed by atoms with Crippen molar-refractivity contribution in [3.05, 3.63) is 0 Å². The van der Waals surface area contributed by atoms with Gasteiger partial charge in [0.05, 0.1) is 0 Å². The van der Waals surface area contributed by atoms with E-state index in [1.54, 1.807) is 0 Å². The zero-order valence-corrected chi connectivity index (χ0v) is 21.1. The summed E-state index contributed by atoms with van der Waals surface area (Å²) in [4.78, 5) is 103. The SMILES string of the molecule is C.C.C.O=P([O-])([O-])[O-].O=P([O-])([O-])[O-].O=P([O-])([O-])[O-].O=P([O-])([O-])[O-].[H-].[H-].[H-].[Li+].[Li+].[Li+].[Ti+4].[Ti+4].[Ti+4]. The number of rotatable bonds is 0. The second-order valence-corrected chi connectivity index (χ2v) is 5.37. The Morgan fingerprint density at radius 1 is 0.345 bits per heavy atom. The summed E-state index contributed by atoms with van der Waals surface area (Å²) in [5.41, 5.74) is 0. The van der Waals surface area contributed by atoms with Crippen LogP contribution in [0.4, 0.5) is 0 Å². The van der Waals surface area contributed by atoms with E-state index < -0.39 is 31.3 Å². The Morgan fingerprint density at radius 3 is 0.345 bits per heavy atom. The van der Waals surface area contributed by atoms with Crippen LogP contribution < -0.4 is 115 Å². The van der Waals surface area contributed by atoms with Crippen LogP contribution in [0.2, 0.25) is 0 Å². The third-order valence-corrected chi connectivity index (χ3v) is 0. The first-order valence-corrected chi connectivity index (χ1v) is 8.76. The van der Waals surface area contributed by atoms with E-state index in [0.29, 0.717) is 0 Å². The quantitative estimate of drug-likeness (QED) is 0.185. The van der Waals surface area contributed by atoms with E-state index in [-0.39, 0.29) is 148 Å². The van der Waals surface area contributed by atoms with Gasteiger partial charge < -0.3 is 81.3 Å². The molecule has 0 bridgehead atoms. The van der Waals surface area contributed by atoms with Crippen molar-refractivity contribution >= 4 is 31.3 Å². The second kappa shape index (κ2) is 39.6. The summed E-state index contributed by atoms with van der Waals surface area (Å²) in [6, 6.07) is 0. The third kappa shape index (κ3) is 1560. The molecule has 0 spiro atoms. The van der Waals surface area contributed by atoms with E-state index in [9.17, 15) is 0 Å². The number of hydrogen-bond donors (Lipinski definition) is 0. The van der Waals surface area contributed by atoms with Gasteiger partial charge in [0.2, 0.25) is 0 Å². The molecule has 158 valence electrons. The minimum Gasteiger partial charge on any atom is -1.00 e. The predicted molar refractivity (Wildman–Crippen MR) is 54.0 cm³/mol. The monoisotopic (exact) mass is 596 g/mol. The standard InChI is InChI=1S/3CH4.3Li.4H3O4P.3Ti.3H/c;;;;;;4*1-5(2,3)4;;;;;;/h3*1H4;;;;4*(H3,1,2,3,4);;;;;;/q;;;3*+1;;;;;3*+4;3*-1/p-12. The molecule has 0 heterocycles.